The molecular weight excluding hydrogens is 304 g/mol. The average molecular weight is 322 g/mol. The third-order valence-electron chi connectivity index (χ3n) is 3.27. The Morgan fingerprint density at radius 3 is 2.77 bits per heavy atom. The fourth-order valence-electron chi connectivity index (χ4n) is 2.29. The maximum atomic E-state index is 12.4. The van der Waals surface area contributed by atoms with Crippen molar-refractivity contribution in [3.63, 3.8) is 0 Å². The number of hydrogen-bond donors (Lipinski definition) is 1. The first-order chi connectivity index (χ1) is 10.5. The number of para-hydroxylation sites is 1. The summed E-state index contributed by atoms with van der Waals surface area (Å²) in [6.45, 7) is 1.78. The van der Waals surface area contributed by atoms with Crippen LogP contribution in [0.2, 0.25) is 0 Å². The van der Waals surface area contributed by atoms with Gasteiger partial charge in [-0.1, -0.05) is 19.1 Å². The van der Waals surface area contributed by atoms with Gasteiger partial charge in [0.2, 0.25) is 11.8 Å². The van der Waals surface area contributed by atoms with E-state index in [4.69, 9.17) is 5.11 Å². The van der Waals surface area contributed by atoms with Gasteiger partial charge in [0, 0.05) is 11.4 Å². The number of thioether (sulfide) groups is 1. The number of carboxylic acid groups (broad SMARTS) is 1. The molecule has 0 aliphatic carbocycles. The van der Waals surface area contributed by atoms with Crippen molar-refractivity contribution in [2.45, 2.75) is 18.2 Å². The normalized spacial score (nSPS) is 13.7. The Morgan fingerprint density at radius 1 is 1.36 bits per heavy atom. The first-order valence-corrected chi connectivity index (χ1v) is 8.03. The number of amides is 2. The second-order valence-corrected chi connectivity index (χ2v) is 5.96. The molecule has 2 amide bonds. The highest BCUT2D eigenvalue weighted by atomic mass is 32.2. The Bertz CT molecular complexity index is 591. The van der Waals surface area contributed by atoms with Gasteiger partial charge < -0.3 is 14.9 Å². The lowest BCUT2D eigenvalue weighted by atomic mass is 10.2. The van der Waals surface area contributed by atoms with Crippen LogP contribution in [-0.2, 0) is 14.4 Å². The van der Waals surface area contributed by atoms with E-state index >= 15 is 0 Å². The van der Waals surface area contributed by atoms with Crippen LogP contribution in [0.3, 0.4) is 0 Å². The van der Waals surface area contributed by atoms with Gasteiger partial charge in [0.15, 0.2) is 0 Å². The summed E-state index contributed by atoms with van der Waals surface area (Å²) in [5.41, 5.74) is 0.712. The van der Waals surface area contributed by atoms with Gasteiger partial charge >= 0.3 is 5.97 Å². The standard InChI is InChI=1S/C15H18N2O4S/c1-2-7-16(9-15(20)21)13(18)8-17-11-5-3-4-6-12(11)22-10-14(17)19/h3-6H,2,7-10H2,1H3,(H,20,21). The van der Waals surface area contributed by atoms with Crippen LogP contribution in [-0.4, -0.2) is 53.2 Å². The highest BCUT2D eigenvalue weighted by Gasteiger charge is 2.28. The molecule has 0 atom stereocenters. The van der Waals surface area contributed by atoms with E-state index < -0.39 is 5.97 Å². The number of nitrogens with zero attached hydrogens (tertiary/aromatic N) is 2. The number of carbonyl (C=O) groups excluding carboxylic acids is 2. The van der Waals surface area contributed by atoms with Crippen LogP contribution in [0.25, 0.3) is 0 Å². The first kappa shape index (κ1) is 16.4. The zero-order chi connectivity index (χ0) is 16.1. The van der Waals surface area contributed by atoms with E-state index in [1.165, 1.54) is 21.6 Å². The van der Waals surface area contributed by atoms with Crippen molar-refractivity contribution in [3.05, 3.63) is 24.3 Å². The molecule has 118 valence electrons. The van der Waals surface area contributed by atoms with Crippen molar-refractivity contribution < 1.29 is 19.5 Å². The third kappa shape index (κ3) is 3.79. The summed E-state index contributed by atoms with van der Waals surface area (Å²) >= 11 is 1.45. The van der Waals surface area contributed by atoms with Crippen molar-refractivity contribution in [1.82, 2.24) is 4.90 Å². The van der Waals surface area contributed by atoms with Gasteiger partial charge in [0.25, 0.3) is 0 Å². The largest absolute Gasteiger partial charge is 0.480 e. The molecule has 1 N–H and O–H groups in total. The van der Waals surface area contributed by atoms with Gasteiger partial charge in [-0.25, -0.2) is 0 Å². The summed E-state index contributed by atoms with van der Waals surface area (Å²) in [6.07, 6.45) is 0.666. The van der Waals surface area contributed by atoms with Crippen LogP contribution >= 0.6 is 11.8 Å². The fraction of sp³-hybridized carbons (Fsp3) is 0.400. The SMILES string of the molecule is CCCN(CC(=O)O)C(=O)CN1C(=O)CSc2ccccc21. The molecule has 0 radical (unpaired) electrons. The van der Waals surface area contributed by atoms with Crippen molar-refractivity contribution in [2.24, 2.45) is 0 Å². The summed E-state index contributed by atoms with van der Waals surface area (Å²) in [5, 5.41) is 8.90. The smallest absolute Gasteiger partial charge is 0.323 e. The third-order valence-corrected chi connectivity index (χ3v) is 4.32. The van der Waals surface area contributed by atoms with Gasteiger partial charge in [0.1, 0.15) is 13.1 Å². The van der Waals surface area contributed by atoms with E-state index in [9.17, 15) is 14.4 Å². The summed E-state index contributed by atoms with van der Waals surface area (Å²) < 4.78 is 0. The Hall–Kier alpha value is -2.02. The van der Waals surface area contributed by atoms with Crippen molar-refractivity contribution in [3.8, 4) is 0 Å². The minimum absolute atomic E-state index is 0.121. The predicted molar refractivity (Wildman–Crippen MR) is 84.0 cm³/mol. The number of benzene rings is 1. The monoisotopic (exact) mass is 322 g/mol. The zero-order valence-electron chi connectivity index (χ0n) is 12.3. The highest BCUT2D eigenvalue weighted by Crippen LogP contribution is 2.34. The molecule has 1 heterocycles. The first-order valence-electron chi connectivity index (χ1n) is 7.04. The van der Waals surface area contributed by atoms with Crippen LogP contribution in [0.5, 0.6) is 0 Å². The lowest BCUT2D eigenvalue weighted by Gasteiger charge is -2.30. The molecule has 1 aromatic rings. The molecule has 22 heavy (non-hydrogen) atoms. The van der Waals surface area contributed by atoms with E-state index in [0.717, 1.165) is 4.90 Å². The van der Waals surface area contributed by atoms with E-state index in [-0.39, 0.29) is 30.7 Å². The second-order valence-electron chi connectivity index (χ2n) is 4.95. The Labute approximate surface area is 133 Å². The lowest BCUT2D eigenvalue weighted by molar-refractivity contribution is -0.144. The van der Waals surface area contributed by atoms with Gasteiger partial charge in [-0.3, -0.25) is 14.4 Å². The highest BCUT2D eigenvalue weighted by molar-refractivity contribution is 8.00. The molecule has 6 nitrogen and oxygen atoms in total. The Kier molecular flexibility index (Phi) is 5.43. The van der Waals surface area contributed by atoms with Crippen LogP contribution in [0.15, 0.2) is 29.2 Å². The molecule has 7 heteroatoms. The van der Waals surface area contributed by atoms with E-state index in [2.05, 4.69) is 0 Å². The van der Waals surface area contributed by atoms with Crippen molar-refractivity contribution in [1.29, 1.82) is 0 Å². The number of hydrogen-bond acceptors (Lipinski definition) is 4. The molecular formula is C15H18N2O4S. The maximum Gasteiger partial charge on any atom is 0.323 e. The van der Waals surface area contributed by atoms with Crippen LogP contribution < -0.4 is 4.90 Å². The van der Waals surface area contributed by atoms with E-state index in [1.54, 1.807) is 6.07 Å². The quantitative estimate of drug-likeness (QED) is 0.857. The molecule has 2 rings (SSSR count). The number of carbonyl (C=O) groups is 3. The molecule has 0 unspecified atom stereocenters. The molecule has 0 bridgehead atoms. The lowest BCUT2D eigenvalue weighted by Crippen LogP contribution is -2.46. The molecule has 0 saturated heterocycles. The number of carboxylic acids is 1. The van der Waals surface area contributed by atoms with E-state index in [1.807, 2.05) is 25.1 Å². The number of rotatable bonds is 6. The maximum absolute atomic E-state index is 12.4. The molecule has 1 aliphatic rings. The molecule has 0 spiro atoms. The molecule has 0 fully saturated rings. The summed E-state index contributed by atoms with van der Waals surface area (Å²) in [7, 11) is 0. The number of aliphatic carboxylic acids is 1. The molecule has 1 aromatic carbocycles. The predicted octanol–water partition coefficient (Wildman–Crippen LogP) is 1.45. The average Bonchev–Trinajstić information content (AvgIpc) is 2.49. The topological polar surface area (TPSA) is 77.9 Å². The minimum atomic E-state index is -1.05. The number of fused-ring (bicyclic) bond motifs is 1. The molecule has 0 saturated carbocycles. The van der Waals surface area contributed by atoms with Gasteiger partial charge in [-0.05, 0) is 18.6 Å². The minimum Gasteiger partial charge on any atom is -0.480 e. The summed E-state index contributed by atoms with van der Waals surface area (Å²) in [4.78, 5) is 39.0. The second kappa shape index (κ2) is 7.31. The Morgan fingerprint density at radius 2 is 2.09 bits per heavy atom. The van der Waals surface area contributed by atoms with Gasteiger partial charge in [-0.2, -0.15) is 0 Å². The van der Waals surface area contributed by atoms with Gasteiger partial charge in [0.05, 0.1) is 11.4 Å². The van der Waals surface area contributed by atoms with E-state index in [0.29, 0.717) is 18.7 Å². The van der Waals surface area contributed by atoms with Crippen LogP contribution in [0.1, 0.15) is 13.3 Å². The van der Waals surface area contributed by atoms with Gasteiger partial charge in [-0.15, -0.1) is 11.8 Å². The molecule has 0 aromatic heterocycles. The Balaban J connectivity index is 2.16. The van der Waals surface area contributed by atoms with Crippen molar-refractivity contribution in [2.75, 3.05) is 30.3 Å². The van der Waals surface area contributed by atoms with Crippen LogP contribution in [0, 0.1) is 0 Å². The fourth-order valence-corrected chi connectivity index (χ4v) is 3.22. The zero-order valence-corrected chi connectivity index (χ0v) is 13.1. The van der Waals surface area contributed by atoms with Crippen molar-refractivity contribution >= 4 is 35.2 Å². The number of anilines is 1. The molecule has 1 aliphatic heterocycles. The van der Waals surface area contributed by atoms with Crippen LogP contribution in [0.4, 0.5) is 5.69 Å². The summed E-state index contributed by atoms with van der Waals surface area (Å²) in [6, 6.07) is 7.41. The summed E-state index contributed by atoms with van der Waals surface area (Å²) in [5.74, 6) is -1.25.